The Kier molecular flexibility index (Phi) is 2.37. The van der Waals surface area contributed by atoms with Gasteiger partial charge in [-0.25, -0.2) is 4.79 Å². The number of amides is 2. The first-order valence-corrected chi connectivity index (χ1v) is 4.43. The molecule has 0 saturated heterocycles. The minimum atomic E-state index is -0.579. The molecule has 76 valence electrons. The average Bonchev–Trinajstić information content (AvgIpc) is 2.72. The van der Waals surface area contributed by atoms with E-state index in [-0.39, 0.29) is 0 Å². The van der Waals surface area contributed by atoms with Gasteiger partial charge in [0.25, 0.3) is 0 Å². The van der Waals surface area contributed by atoms with Crippen LogP contribution in [0.1, 0.15) is 0 Å². The second-order valence-corrected chi connectivity index (χ2v) is 2.91. The number of benzene rings is 1. The third kappa shape index (κ3) is 1.80. The predicted octanol–water partition coefficient (Wildman–Crippen LogP) is 1.23. The van der Waals surface area contributed by atoms with E-state index in [0.29, 0.717) is 5.69 Å². The van der Waals surface area contributed by atoms with Gasteiger partial charge in [-0.3, -0.25) is 0 Å². The number of urea groups is 1. The van der Waals surface area contributed by atoms with Crippen molar-refractivity contribution in [3.05, 3.63) is 48.8 Å². The number of hydrogen-bond acceptors (Lipinski definition) is 2. The van der Waals surface area contributed by atoms with E-state index in [2.05, 4.69) is 5.10 Å². The van der Waals surface area contributed by atoms with Crippen molar-refractivity contribution in [2.24, 2.45) is 5.73 Å². The molecule has 0 fully saturated rings. The van der Waals surface area contributed by atoms with Gasteiger partial charge in [-0.15, -0.1) is 0 Å². The molecule has 0 aliphatic carbocycles. The highest BCUT2D eigenvalue weighted by Crippen LogP contribution is 2.13. The standard InChI is InChI=1S/C10H10N4O/c11-10(15)14(13-8-4-7-12-13)9-5-2-1-3-6-9/h1-8H,(H2,11,15). The summed E-state index contributed by atoms with van der Waals surface area (Å²) >= 11 is 0. The number of hydrogen-bond donors (Lipinski definition) is 1. The monoisotopic (exact) mass is 202 g/mol. The number of nitrogens with zero attached hydrogens (tertiary/aromatic N) is 3. The Morgan fingerprint density at radius 2 is 2.00 bits per heavy atom. The zero-order valence-electron chi connectivity index (χ0n) is 7.95. The molecule has 0 saturated carbocycles. The van der Waals surface area contributed by atoms with Crippen LogP contribution in [0, 0.1) is 0 Å². The van der Waals surface area contributed by atoms with Crippen molar-refractivity contribution in [2.75, 3.05) is 5.01 Å². The number of carbonyl (C=O) groups is 1. The molecule has 1 heterocycles. The molecule has 15 heavy (non-hydrogen) atoms. The first-order valence-electron chi connectivity index (χ1n) is 4.43. The largest absolute Gasteiger partial charge is 0.350 e. The summed E-state index contributed by atoms with van der Waals surface area (Å²) < 4.78 is 0. The number of primary amides is 1. The van der Waals surface area contributed by atoms with Crippen molar-refractivity contribution in [3.63, 3.8) is 0 Å². The van der Waals surface area contributed by atoms with E-state index in [1.54, 1.807) is 30.6 Å². The van der Waals surface area contributed by atoms with Crippen LogP contribution < -0.4 is 10.7 Å². The predicted molar refractivity (Wildman–Crippen MR) is 56.1 cm³/mol. The van der Waals surface area contributed by atoms with Gasteiger partial charge in [0, 0.05) is 6.20 Å². The van der Waals surface area contributed by atoms with Gasteiger partial charge in [0.15, 0.2) is 0 Å². The van der Waals surface area contributed by atoms with Crippen LogP contribution in [-0.2, 0) is 0 Å². The molecule has 1 aromatic heterocycles. The van der Waals surface area contributed by atoms with E-state index in [1.165, 1.54) is 9.80 Å². The molecule has 0 unspecified atom stereocenters. The molecule has 0 spiro atoms. The average molecular weight is 202 g/mol. The molecule has 5 heteroatoms. The molecule has 2 rings (SSSR count). The molecule has 0 aliphatic rings. The Hall–Kier alpha value is -2.30. The Bertz CT molecular complexity index is 438. The lowest BCUT2D eigenvalue weighted by Gasteiger charge is -2.19. The quantitative estimate of drug-likeness (QED) is 0.796. The highest BCUT2D eigenvalue weighted by Gasteiger charge is 2.13. The molecule has 1 aromatic carbocycles. The van der Waals surface area contributed by atoms with Crippen LogP contribution >= 0.6 is 0 Å². The molecule has 0 bridgehead atoms. The van der Waals surface area contributed by atoms with Crippen molar-refractivity contribution in [1.82, 2.24) is 9.89 Å². The zero-order valence-corrected chi connectivity index (χ0v) is 7.95. The molecule has 5 nitrogen and oxygen atoms in total. The highest BCUT2D eigenvalue weighted by molar-refractivity contribution is 5.89. The van der Waals surface area contributed by atoms with Crippen molar-refractivity contribution in [1.29, 1.82) is 0 Å². The van der Waals surface area contributed by atoms with Crippen LogP contribution in [-0.4, -0.2) is 15.9 Å². The Morgan fingerprint density at radius 3 is 2.53 bits per heavy atom. The van der Waals surface area contributed by atoms with Gasteiger partial charge >= 0.3 is 6.03 Å². The Morgan fingerprint density at radius 1 is 1.27 bits per heavy atom. The summed E-state index contributed by atoms with van der Waals surface area (Å²) in [6.45, 7) is 0. The van der Waals surface area contributed by atoms with E-state index in [1.807, 2.05) is 18.2 Å². The topological polar surface area (TPSA) is 64.2 Å². The maximum absolute atomic E-state index is 11.3. The minimum absolute atomic E-state index is 0.579. The fourth-order valence-corrected chi connectivity index (χ4v) is 1.29. The highest BCUT2D eigenvalue weighted by atomic mass is 16.2. The second kappa shape index (κ2) is 3.83. The molecule has 2 N–H and O–H groups in total. The third-order valence-corrected chi connectivity index (χ3v) is 1.90. The van der Waals surface area contributed by atoms with Crippen LogP contribution in [0.2, 0.25) is 0 Å². The summed E-state index contributed by atoms with van der Waals surface area (Å²) in [5.74, 6) is 0. The van der Waals surface area contributed by atoms with Gasteiger partial charge in [0.05, 0.1) is 11.9 Å². The summed E-state index contributed by atoms with van der Waals surface area (Å²) in [7, 11) is 0. The maximum atomic E-state index is 11.3. The van der Waals surface area contributed by atoms with E-state index in [0.717, 1.165) is 0 Å². The van der Waals surface area contributed by atoms with Crippen LogP contribution in [0.15, 0.2) is 48.8 Å². The molecule has 0 aliphatic heterocycles. The smallest absolute Gasteiger partial charge is 0.340 e. The molecular formula is C10H10N4O. The molecular weight excluding hydrogens is 192 g/mol. The summed E-state index contributed by atoms with van der Waals surface area (Å²) in [5.41, 5.74) is 5.96. The maximum Gasteiger partial charge on any atom is 0.340 e. The second-order valence-electron chi connectivity index (χ2n) is 2.91. The lowest BCUT2D eigenvalue weighted by atomic mass is 10.3. The fraction of sp³-hybridized carbons (Fsp3) is 0. The number of anilines is 1. The van der Waals surface area contributed by atoms with Gasteiger partial charge in [-0.05, 0) is 18.2 Å². The van der Waals surface area contributed by atoms with Gasteiger partial charge in [0.2, 0.25) is 0 Å². The summed E-state index contributed by atoms with van der Waals surface area (Å²) in [6.07, 6.45) is 3.23. The third-order valence-electron chi connectivity index (χ3n) is 1.90. The number of carbonyl (C=O) groups excluding carboxylic acids is 1. The van der Waals surface area contributed by atoms with Gasteiger partial charge < -0.3 is 5.73 Å². The summed E-state index contributed by atoms with van der Waals surface area (Å²) in [6, 6.07) is 10.2. The zero-order chi connectivity index (χ0) is 10.7. The first kappa shape index (κ1) is 9.26. The first-order chi connectivity index (χ1) is 7.29. The fourth-order valence-electron chi connectivity index (χ4n) is 1.29. The van der Waals surface area contributed by atoms with Crippen LogP contribution in [0.25, 0.3) is 0 Å². The minimum Gasteiger partial charge on any atom is -0.350 e. The van der Waals surface area contributed by atoms with E-state index in [9.17, 15) is 4.79 Å². The number of para-hydroxylation sites is 1. The van der Waals surface area contributed by atoms with Crippen molar-refractivity contribution < 1.29 is 4.79 Å². The van der Waals surface area contributed by atoms with E-state index < -0.39 is 6.03 Å². The van der Waals surface area contributed by atoms with Gasteiger partial charge in [0.1, 0.15) is 0 Å². The molecule has 0 atom stereocenters. The molecule has 2 amide bonds. The lowest BCUT2D eigenvalue weighted by Crippen LogP contribution is -2.40. The molecule has 0 radical (unpaired) electrons. The number of aromatic nitrogens is 2. The Labute approximate surface area is 86.7 Å². The van der Waals surface area contributed by atoms with Crippen molar-refractivity contribution in [2.45, 2.75) is 0 Å². The van der Waals surface area contributed by atoms with Gasteiger partial charge in [-0.1, -0.05) is 18.2 Å². The summed E-state index contributed by atoms with van der Waals surface area (Å²) in [4.78, 5) is 12.7. The normalized spacial score (nSPS) is 9.87. The van der Waals surface area contributed by atoms with Crippen molar-refractivity contribution in [3.8, 4) is 0 Å². The van der Waals surface area contributed by atoms with Crippen LogP contribution in [0.5, 0.6) is 0 Å². The SMILES string of the molecule is NC(=O)N(c1ccccc1)n1cccn1. The molecule has 2 aromatic rings. The number of nitrogens with two attached hydrogens (primary N) is 1. The van der Waals surface area contributed by atoms with Crippen LogP contribution in [0.3, 0.4) is 0 Å². The van der Waals surface area contributed by atoms with E-state index >= 15 is 0 Å². The number of rotatable bonds is 2. The Balaban J connectivity index is 2.42. The summed E-state index contributed by atoms with van der Waals surface area (Å²) in [5, 5.41) is 5.23. The van der Waals surface area contributed by atoms with Crippen molar-refractivity contribution >= 4 is 11.7 Å². The lowest BCUT2D eigenvalue weighted by molar-refractivity contribution is 0.251. The van der Waals surface area contributed by atoms with E-state index in [4.69, 9.17) is 5.73 Å². The van der Waals surface area contributed by atoms with Gasteiger partial charge in [-0.2, -0.15) is 14.9 Å². The van der Waals surface area contributed by atoms with Crippen LogP contribution in [0.4, 0.5) is 10.5 Å².